The van der Waals surface area contributed by atoms with Crippen LogP contribution in [0.5, 0.6) is 0 Å². The Kier molecular flexibility index (Phi) is 9.80. The van der Waals surface area contributed by atoms with Crippen molar-refractivity contribution >= 4 is 39.3 Å². The Hall–Kier alpha value is -3.73. The second-order valence-corrected chi connectivity index (χ2v) is 18.2. The number of aliphatic hydroxyl groups excluding tert-OH is 1. The standard InChI is InChI=1S/C44H47N3O4S2/c1-27-38(26-52-43-46-37-10-2-3-11-39(37)53-43)50-41(51-40(27)33-14-12-28(25-48)13-15-33)36-9-5-8-35(20-36)34-7-4-6-29(19-34)24-45-42(49)47-44-21-30-16-31(22-44)18-32(17-30)23-44/h2-15,19-20,27,30-32,38,40-41,48H,16-18,21-26H2,1H3,(H2,45,47,49)/t27-,30?,31?,32?,38+,40+,41+,44?/m1/s1. The third kappa shape index (κ3) is 7.51. The smallest absolute Gasteiger partial charge is 0.315 e. The van der Waals surface area contributed by atoms with Crippen molar-refractivity contribution in [3.63, 3.8) is 0 Å². The summed E-state index contributed by atoms with van der Waals surface area (Å²) in [4.78, 5) is 18.0. The molecule has 3 N–H and O–H groups in total. The number of amides is 2. The first-order chi connectivity index (χ1) is 25.9. The lowest BCUT2D eigenvalue weighted by Crippen LogP contribution is -2.61. The highest BCUT2D eigenvalue weighted by atomic mass is 32.2. The number of aliphatic hydroxyl groups is 1. The van der Waals surface area contributed by atoms with Gasteiger partial charge in [0.1, 0.15) is 0 Å². The van der Waals surface area contributed by atoms with E-state index in [1.807, 2.05) is 18.2 Å². The van der Waals surface area contributed by atoms with Gasteiger partial charge in [-0.1, -0.05) is 91.5 Å². The second kappa shape index (κ2) is 14.8. The second-order valence-electron chi connectivity index (χ2n) is 15.9. The molecule has 1 aliphatic heterocycles. The van der Waals surface area contributed by atoms with Crippen molar-refractivity contribution in [2.24, 2.45) is 23.7 Å². The first kappa shape index (κ1) is 35.0. The van der Waals surface area contributed by atoms with Gasteiger partial charge in [0.05, 0.1) is 29.0 Å². The Morgan fingerprint density at radius 1 is 0.849 bits per heavy atom. The van der Waals surface area contributed by atoms with Crippen LogP contribution < -0.4 is 10.6 Å². The zero-order chi connectivity index (χ0) is 35.9. The maximum Gasteiger partial charge on any atom is 0.315 e. The van der Waals surface area contributed by atoms with E-state index in [0.717, 1.165) is 86.0 Å². The van der Waals surface area contributed by atoms with E-state index in [9.17, 15) is 9.90 Å². The van der Waals surface area contributed by atoms with Crippen molar-refractivity contribution in [3.05, 3.63) is 119 Å². The quantitative estimate of drug-likeness (QED) is 0.123. The molecule has 4 saturated carbocycles. The molecule has 2 amide bonds. The summed E-state index contributed by atoms with van der Waals surface area (Å²) in [7, 11) is 0. The Balaban J connectivity index is 0.904. The molecular formula is C44H47N3O4S2. The lowest BCUT2D eigenvalue weighted by molar-refractivity contribution is -0.268. The third-order valence-corrected chi connectivity index (χ3v) is 14.3. The molecular weight excluding hydrogens is 699 g/mol. The number of benzene rings is 4. The molecule has 5 aliphatic rings. The minimum atomic E-state index is -0.562. The topological polar surface area (TPSA) is 92.7 Å². The van der Waals surface area contributed by atoms with Crippen LogP contribution in [0.3, 0.4) is 0 Å². The molecule has 5 aromatic rings. The predicted molar refractivity (Wildman–Crippen MR) is 211 cm³/mol. The van der Waals surface area contributed by atoms with Crippen LogP contribution >= 0.6 is 23.1 Å². The van der Waals surface area contributed by atoms with Crippen LogP contribution in [0.2, 0.25) is 0 Å². The number of carbonyl (C=O) groups is 1. The van der Waals surface area contributed by atoms with Gasteiger partial charge < -0.3 is 25.2 Å². The number of thiazole rings is 1. The highest BCUT2D eigenvalue weighted by Crippen LogP contribution is 2.55. The lowest BCUT2D eigenvalue weighted by atomic mass is 9.53. The fraction of sp³-hybridized carbons (Fsp3) is 0.409. The number of urea groups is 1. The van der Waals surface area contributed by atoms with Gasteiger partial charge in [-0.2, -0.15) is 0 Å². The van der Waals surface area contributed by atoms with Gasteiger partial charge in [-0.15, -0.1) is 11.3 Å². The van der Waals surface area contributed by atoms with Crippen LogP contribution in [0.25, 0.3) is 21.3 Å². The van der Waals surface area contributed by atoms with Crippen molar-refractivity contribution in [2.75, 3.05) is 5.75 Å². The molecule has 0 radical (unpaired) electrons. The van der Waals surface area contributed by atoms with Crippen molar-refractivity contribution in [1.29, 1.82) is 0 Å². The zero-order valence-corrected chi connectivity index (χ0v) is 31.7. The molecule has 4 bridgehead atoms. The Labute approximate surface area is 319 Å². The molecule has 1 aromatic heterocycles. The monoisotopic (exact) mass is 745 g/mol. The Bertz CT molecular complexity index is 2010. The molecule has 7 nitrogen and oxygen atoms in total. The first-order valence-corrected chi connectivity index (χ1v) is 20.9. The summed E-state index contributed by atoms with van der Waals surface area (Å²) in [6, 6.07) is 33.1. The summed E-state index contributed by atoms with van der Waals surface area (Å²) in [6.45, 7) is 2.68. The van der Waals surface area contributed by atoms with Crippen molar-refractivity contribution in [3.8, 4) is 11.1 Å². The van der Waals surface area contributed by atoms with Gasteiger partial charge in [0, 0.05) is 29.3 Å². The molecule has 10 rings (SSSR count). The minimum absolute atomic E-state index is 0.00272. The van der Waals surface area contributed by atoms with E-state index >= 15 is 0 Å². The molecule has 5 fully saturated rings. The highest BCUT2D eigenvalue weighted by Gasteiger charge is 2.51. The van der Waals surface area contributed by atoms with E-state index in [0.29, 0.717) is 6.54 Å². The average molecular weight is 746 g/mol. The number of hydrogen-bond acceptors (Lipinski definition) is 7. The number of hydrogen-bond donors (Lipinski definition) is 3. The predicted octanol–water partition coefficient (Wildman–Crippen LogP) is 9.81. The lowest BCUT2D eigenvalue weighted by Gasteiger charge is -2.56. The van der Waals surface area contributed by atoms with Crippen molar-refractivity contribution in [1.82, 2.24) is 15.6 Å². The number of nitrogens with zero attached hydrogens (tertiary/aromatic N) is 1. The largest absolute Gasteiger partial charge is 0.392 e. The van der Waals surface area contributed by atoms with Crippen LogP contribution in [-0.2, 0) is 22.6 Å². The number of thioether (sulfide) groups is 1. The normalized spacial score (nSPS) is 29.0. The number of nitrogens with one attached hydrogen (secondary N) is 2. The van der Waals surface area contributed by atoms with Crippen LogP contribution in [0.1, 0.15) is 80.1 Å². The summed E-state index contributed by atoms with van der Waals surface area (Å²) >= 11 is 3.46. The van der Waals surface area contributed by atoms with Gasteiger partial charge in [0.25, 0.3) is 0 Å². The average Bonchev–Trinajstić information content (AvgIpc) is 3.59. The van der Waals surface area contributed by atoms with Crippen LogP contribution in [0.15, 0.2) is 101 Å². The summed E-state index contributed by atoms with van der Waals surface area (Å²) < 4.78 is 15.8. The van der Waals surface area contributed by atoms with Gasteiger partial charge in [-0.3, -0.25) is 0 Å². The molecule has 53 heavy (non-hydrogen) atoms. The fourth-order valence-corrected chi connectivity index (χ4v) is 12.1. The van der Waals surface area contributed by atoms with E-state index in [-0.39, 0.29) is 36.3 Å². The number of aromatic nitrogens is 1. The van der Waals surface area contributed by atoms with Crippen molar-refractivity contribution in [2.45, 2.75) is 87.0 Å². The fourth-order valence-electron chi connectivity index (χ4n) is 9.83. The van der Waals surface area contributed by atoms with E-state index in [4.69, 9.17) is 14.5 Å². The molecule has 4 aromatic carbocycles. The molecule has 0 unspecified atom stereocenters. The van der Waals surface area contributed by atoms with E-state index in [1.54, 1.807) is 23.1 Å². The van der Waals surface area contributed by atoms with E-state index in [1.165, 1.54) is 24.0 Å². The maximum absolute atomic E-state index is 13.2. The van der Waals surface area contributed by atoms with Crippen LogP contribution in [0, 0.1) is 23.7 Å². The number of ether oxygens (including phenoxy) is 2. The number of para-hydroxylation sites is 1. The summed E-state index contributed by atoms with van der Waals surface area (Å²) in [6.07, 6.45) is 6.67. The van der Waals surface area contributed by atoms with Crippen LogP contribution in [0.4, 0.5) is 4.79 Å². The molecule has 1 saturated heterocycles. The Morgan fingerprint density at radius 2 is 1.57 bits per heavy atom. The number of rotatable bonds is 10. The first-order valence-electron chi connectivity index (χ1n) is 19.1. The molecule has 274 valence electrons. The molecule has 9 heteroatoms. The number of fused-ring (bicyclic) bond motifs is 1. The van der Waals surface area contributed by atoms with Gasteiger partial charge in [0.15, 0.2) is 10.6 Å². The van der Waals surface area contributed by atoms with Crippen molar-refractivity contribution < 1.29 is 19.4 Å². The molecule has 0 spiro atoms. The summed E-state index contributed by atoms with van der Waals surface area (Å²) in [5.74, 6) is 3.21. The van der Waals surface area contributed by atoms with E-state index in [2.05, 4.69) is 96.4 Å². The van der Waals surface area contributed by atoms with Gasteiger partial charge in [-0.05, 0) is 108 Å². The summed E-state index contributed by atoms with van der Waals surface area (Å²) in [5, 5.41) is 16.3. The van der Waals surface area contributed by atoms with Gasteiger partial charge in [-0.25, -0.2) is 9.78 Å². The zero-order valence-electron chi connectivity index (χ0n) is 30.1. The summed E-state index contributed by atoms with van der Waals surface area (Å²) in [5.41, 5.74) is 7.14. The SMILES string of the molecule is C[C@@H]1[C@H](CSc2nc3ccccc3s2)O[C@H](c2cccc(-c3cccc(CNC(=O)NC45CC6CC(CC(C6)C4)C5)c3)c2)O[C@@H]1c1ccc(CO)cc1. The van der Waals surface area contributed by atoms with Crippen LogP contribution in [-0.4, -0.2) is 33.5 Å². The third-order valence-electron chi connectivity index (χ3n) is 12.1. The minimum Gasteiger partial charge on any atom is -0.392 e. The molecule has 4 atom stereocenters. The highest BCUT2D eigenvalue weighted by molar-refractivity contribution is 8.01. The number of carbonyl (C=O) groups excluding carboxylic acids is 1. The van der Waals surface area contributed by atoms with Gasteiger partial charge in [0.2, 0.25) is 0 Å². The molecule has 2 heterocycles. The maximum atomic E-state index is 13.2. The Morgan fingerprint density at radius 3 is 2.30 bits per heavy atom. The molecule has 4 aliphatic carbocycles. The van der Waals surface area contributed by atoms with Gasteiger partial charge >= 0.3 is 6.03 Å². The van der Waals surface area contributed by atoms with E-state index < -0.39 is 6.29 Å².